The number of rotatable bonds is 4. The molecule has 0 saturated carbocycles. The molecule has 1 saturated heterocycles. The van der Waals surface area contributed by atoms with Crippen molar-refractivity contribution in [1.29, 1.82) is 0 Å². The van der Waals surface area contributed by atoms with Crippen molar-refractivity contribution in [2.75, 3.05) is 25.0 Å². The van der Waals surface area contributed by atoms with Gasteiger partial charge in [0.1, 0.15) is 0 Å². The smallest absolute Gasteiger partial charge is 0.0682 e. The maximum absolute atomic E-state index is 9.13. The van der Waals surface area contributed by atoms with Crippen LogP contribution in [0.3, 0.4) is 0 Å². The van der Waals surface area contributed by atoms with Crippen LogP contribution in [0.15, 0.2) is 18.2 Å². The molecule has 1 aromatic carbocycles. The molecule has 0 radical (unpaired) electrons. The molecule has 17 heavy (non-hydrogen) atoms. The number of aliphatic hydroxyl groups is 1. The van der Waals surface area contributed by atoms with Crippen LogP contribution in [-0.4, -0.2) is 24.7 Å². The third-order valence-electron chi connectivity index (χ3n) is 3.46. The zero-order chi connectivity index (χ0) is 12.1. The van der Waals surface area contributed by atoms with Gasteiger partial charge in [-0.25, -0.2) is 0 Å². The third kappa shape index (κ3) is 3.45. The minimum atomic E-state index is 0.111. The van der Waals surface area contributed by atoms with Crippen molar-refractivity contribution < 1.29 is 5.11 Å². The van der Waals surface area contributed by atoms with Crippen molar-refractivity contribution in [3.05, 3.63) is 29.3 Å². The number of hydrogen-bond donors (Lipinski definition) is 3. The van der Waals surface area contributed by atoms with Gasteiger partial charge in [-0.1, -0.05) is 12.1 Å². The molecule has 1 heterocycles. The van der Waals surface area contributed by atoms with Gasteiger partial charge in [-0.05, 0) is 56.0 Å². The van der Waals surface area contributed by atoms with Crippen molar-refractivity contribution in [3.8, 4) is 0 Å². The zero-order valence-electron chi connectivity index (χ0n) is 10.5. The van der Waals surface area contributed by atoms with E-state index < -0.39 is 0 Å². The topological polar surface area (TPSA) is 44.3 Å². The molecule has 0 amide bonds. The van der Waals surface area contributed by atoms with E-state index in [0.29, 0.717) is 0 Å². The highest BCUT2D eigenvalue weighted by Gasteiger charge is 2.12. The summed E-state index contributed by atoms with van der Waals surface area (Å²) in [5.41, 5.74) is 3.37. The van der Waals surface area contributed by atoms with E-state index in [1.54, 1.807) is 0 Å². The summed E-state index contributed by atoms with van der Waals surface area (Å²) in [5, 5.41) is 16.1. The molecule has 0 aromatic heterocycles. The Morgan fingerprint density at radius 1 is 1.47 bits per heavy atom. The SMILES string of the molecule is Cc1ccc(CO)cc1NCC1CCCNC1. The molecule has 1 atom stereocenters. The quantitative estimate of drug-likeness (QED) is 0.745. The van der Waals surface area contributed by atoms with Gasteiger partial charge in [0.2, 0.25) is 0 Å². The number of benzene rings is 1. The largest absolute Gasteiger partial charge is 0.392 e. The first-order valence-electron chi connectivity index (χ1n) is 6.44. The Morgan fingerprint density at radius 3 is 3.06 bits per heavy atom. The maximum atomic E-state index is 9.13. The van der Waals surface area contributed by atoms with E-state index in [2.05, 4.69) is 23.6 Å². The fourth-order valence-electron chi connectivity index (χ4n) is 2.31. The van der Waals surface area contributed by atoms with E-state index in [-0.39, 0.29) is 6.61 Å². The van der Waals surface area contributed by atoms with Gasteiger partial charge in [0, 0.05) is 12.2 Å². The Kier molecular flexibility index (Phi) is 4.40. The van der Waals surface area contributed by atoms with Crippen LogP contribution in [0.25, 0.3) is 0 Å². The van der Waals surface area contributed by atoms with Crippen molar-refractivity contribution in [2.24, 2.45) is 5.92 Å². The zero-order valence-corrected chi connectivity index (χ0v) is 10.5. The van der Waals surface area contributed by atoms with Gasteiger partial charge in [-0.2, -0.15) is 0 Å². The lowest BCUT2D eigenvalue weighted by Crippen LogP contribution is -2.33. The summed E-state index contributed by atoms with van der Waals surface area (Å²) in [6.07, 6.45) is 2.58. The van der Waals surface area contributed by atoms with E-state index in [9.17, 15) is 0 Å². The predicted octanol–water partition coefficient (Wildman–Crippen LogP) is 1.90. The molecule has 3 heteroatoms. The molecule has 1 aromatic rings. The van der Waals surface area contributed by atoms with Gasteiger partial charge < -0.3 is 15.7 Å². The molecule has 0 bridgehead atoms. The van der Waals surface area contributed by atoms with Gasteiger partial charge in [0.25, 0.3) is 0 Å². The van der Waals surface area contributed by atoms with Crippen molar-refractivity contribution >= 4 is 5.69 Å². The van der Waals surface area contributed by atoms with Crippen LogP contribution in [0, 0.1) is 12.8 Å². The first kappa shape index (κ1) is 12.4. The van der Waals surface area contributed by atoms with Crippen LogP contribution in [0.2, 0.25) is 0 Å². The standard InChI is InChI=1S/C14H22N2O/c1-11-4-5-12(10-17)7-14(11)16-9-13-3-2-6-15-8-13/h4-5,7,13,15-17H,2-3,6,8-10H2,1H3. The molecule has 3 N–H and O–H groups in total. The number of hydrogen-bond acceptors (Lipinski definition) is 3. The van der Waals surface area contributed by atoms with Crippen LogP contribution in [0.5, 0.6) is 0 Å². The Hall–Kier alpha value is -1.06. The van der Waals surface area contributed by atoms with Crippen molar-refractivity contribution in [1.82, 2.24) is 5.32 Å². The van der Waals surface area contributed by atoms with Crippen molar-refractivity contribution in [3.63, 3.8) is 0 Å². The highest BCUT2D eigenvalue weighted by atomic mass is 16.3. The summed E-state index contributed by atoms with van der Waals surface area (Å²) in [6, 6.07) is 6.08. The summed E-state index contributed by atoms with van der Waals surface area (Å²) >= 11 is 0. The molecule has 1 aliphatic rings. The first-order valence-corrected chi connectivity index (χ1v) is 6.44. The number of aliphatic hydroxyl groups excluding tert-OH is 1. The summed E-state index contributed by atoms with van der Waals surface area (Å²) in [5.74, 6) is 0.723. The van der Waals surface area contributed by atoms with Gasteiger partial charge in [-0.3, -0.25) is 0 Å². The molecule has 1 fully saturated rings. The Balaban J connectivity index is 1.92. The van der Waals surface area contributed by atoms with Gasteiger partial charge in [0.15, 0.2) is 0 Å². The van der Waals surface area contributed by atoms with Crippen LogP contribution < -0.4 is 10.6 Å². The summed E-state index contributed by atoms with van der Waals surface area (Å²) < 4.78 is 0. The Bertz CT molecular complexity index is 359. The third-order valence-corrected chi connectivity index (χ3v) is 3.46. The van der Waals surface area contributed by atoms with Crippen molar-refractivity contribution in [2.45, 2.75) is 26.4 Å². The van der Waals surface area contributed by atoms with E-state index >= 15 is 0 Å². The number of aryl methyl sites for hydroxylation is 1. The van der Waals surface area contributed by atoms with Gasteiger partial charge >= 0.3 is 0 Å². The lowest BCUT2D eigenvalue weighted by Gasteiger charge is -2.24. The normalized spacial score (nSPS) is 20.2. The Morgan fingerprint density at radius 2 is 2.35 bits per heavy atom. The van der Waals surface area contributed by atoms with Crippen LogP contribution >= 0.6 is 0 Å². The highest BCUT2D eigenvalue weighted by Crippen LogP contribution is 2.18. The molecule has 2 rings (SSSR count). The minimum absolute atomic E-state index is 0.111. The molecule has 0 spiro atoms. The second-order valence-electron chi connectivity index (χ2n) is 4.90. The van der Waals surface area contributed by atoms with Crippen LogP contribution in [-0.2, 0) is 6.61 Å². The lowest BCUT2D eigenvalue weighted by molar-refractivity contribution is 0.282. The fraction of sp³-hybridized carbons (Fsp3) is 0.571. The van der Waals surface area contributed by atoms with E-state index in [1.165, 1.54) is 18.4 Å². The molecular weight excluding hydrogens is 212 g/mol. The van der Waals surface area contributed by atoms with Crippen LogP contribution in [0.1, 0.15) is 24.0 Å². The van der Waals surface area contributed by atoms with E-state index in [4.69, 9.17) is 5.11 Å². The average molecular weight is 234 g/mol. The molecule has 94 valence electrons. The second kappa shape index (κ2) is 6.03. The predicted molar refractivity (Wildman–Crippen MR) is 71.2 cm³/mol. The maximum Gasteiger partial charge on any atom is 0.0682 e. The first-order chi connectivity index (χ1) is 8.29. The number of anilines is 1. The summed E-state index contributed by atoms with van der Waals surface area (Å²) in [4.78, 5) is 0. The Labute approximate surface area is 103 Å². The van der Waals surface area contributed by atoms with Gasteiger partial charge in [0.05, 0.1) is 6.61 Å². The van der Waals surface area contributed by atoms with Gasteiger partial charge in [-0.15, -0.1) is 0 Å². The second-order valence-corrected chi connectivity index (χ2v) is 4.90. The molecular formula is C14H22N2O. The number of nitrogens with one attached hydrogen (secondary N) is 2. The molecule has 0 aliphatic carbocycles. The molecule has 3 nitrogen and oxygen atoms in total. The molecule has 1 aliphatic heterocycles. The van der Waals surface area contributed by atoms with E-state index in [1.807, 2.05) is 12.1 Å². The highest BCUT2D eigenvalue weighted by molar-refractivity contribution is 5.52. The van der Waals surface area contributed by atoms with E-state index in [0.717, 1.165) is 36.8 Å². The monoisotopic (exact) mass is 234 g/mol. The van der Waals surface area contributed by atoms with Crippen LogP contribution in [0.4, 0.5) is 5.69 Å². The average Bonchev–Trinajstić information content (AvgIpc) is 2.39. The summed E-state index contributed by atoms with van der Waals surface area (Å²) in [6.45, 7) is 5.51. The molecule has 1 unspecified atom stereocenters. The minimum Gasteiger partial charge on any atom is -0.392 e. The number of piperidine rings is 1. The lowest BCUT2D eigenvalue weighted by atomic mass is 9.99. The fourth-order valence-corrected chi connectivity index (χ4v) is 2.31. The summed E-state index contributed by atoms with van der Waals surface area (Å²) in [7, 11) is 0.